The standard InChI is InChI=1S/C12H25NO/c1-3-4-10(2)9-13-12(7-8-14)11-5-6-11/h10-14H,3-9H2,1-2H3. The summed E-state index contributed by atoms with van der Waals surface area (Å²) in [7, 11) is 0. The van der Waals surface area contributed by atoms with Crippen LogP contribution < -0.4 is 5.32 Å². The molecule has 1 rings (SSSR count). The van der Waals surface area contributed by atoms with Crippen molar-refractivity contribution in [3.63, 3.8) is 0 Å². The Hall–Kier alpha value is -0.0800. The fourth-order valence-electron chi connectivity index (χ4n) is 2.09. The molecule has 1 aliphatic rings. The highest BCUT2D eigenvalue weighted by molar-refractivity contribution is 4.86. The van der Waals surface area contributed by atoms with Gasteiger partial charge in [0.25, 0.3) is 0 Å². The first-order valence-corrected chi connectivity index (χ1v) is 6.12. The number of rotatable bonds is 8. The maximum absolute atomic E-state index is 8.94. The van der Waals surface area contributed by atoms with Crippen LogP contribution in [0.25, 0.3) is 0 Å². The van der Waals surface area contributed by atoms with E-state index in [4.69, 9.17) is 5.11 Å². The Morgan fingerprint density at radius 3 is 2.57 bits per heavy atom. The van der Waals surface area contributed by atoms with E-state index in [1.54, 1.807) is 0 Å². The lowest BCUT2D eigenvalue weighted by molar-refractivity contribution is 0.252. The second-order valence-electron chi connectivity index (χ2n) is 4.76. The van der Waals surface area contributed by atoms with Crippen molar-refractivity contribution in [2.45, 2.75) is 52.0 Å². The molecule has 0 radical (unpaired) electrons. The highest BCUT2D eigenvalue weighted by atomic mass is 16.3. The molecule has 0 aromatic carbocycles. The smallest absolute Gasteiger partial charge is 0.0445 e. The maximum Gasteiger partial charge on any atom is 0.0445 e. The predicted molar refractivity (Wildman–Crippen MR) is 60.3 cm³/mol. The topological polar surface area (TPSA) is 32.3 Å². The van der Waals surface area contributed by atoms with E-state index in [9.17, 15) is 0 Å². The van der Waals surface area contributed by atoms with Crippen LogP contribution in [0.4, 0.5) is 0 Å². The third kappa shape index (κ3) is 4.43. The summed E-state index contributed by atoms with van der Waals surface area (Å²) in [6.45, 7) is 5.99. The Kier molecular flexibility index (Phi) is 5.49. The van der Waals surface area contributed by atoms with Gasteiger partial charge in [0, 0.05) is 12.6 Å². The number of hydrogen-bond acceptors (Lipinski definition) is 2. The van der Waals surface area contributed by atoms with Gasteiger partial charge in [0.2, 0.25) is 0 Å². The van der Waals surface area contributed by atoms with E-state index in [-0.39, 0.29) is 0 Å². The van der Waals surface area contributed by atoms with Gasteiger partial charge in [-0.1, -0.05) is 20.3 Å². The average Bonchev–Trinajstić information content (AvgIpc) is 2.96. The first kappa shape index (κ1) is 12.0. The van der Waals surface area contributed by atoms with E-state index in [0.29, 0.717) is 12.6 Å². The Balaban J connectivity index is 2.12. The van der Waals surface area contributed by atoms with Crippen LogP contribution in [-0.4, -0.2) is 24.3 Å². The van der Waals surface area contributed by atoms with Crippen LogP contribution in [0, 0.1) is 11.8 Å². The summed E-state index contributed by atoms with van der Waals surface area (Å²) < 4.78 is 0. The van der Waals surface area contributed by atoms with E-state index in [1.165, 1.54) is 25.7 Å². The van der Waals surface area contributed by atoms with Crippen LogP contribution in [0.3, 0.4) is 0 Å². The van der Waals surface area contributed by atoms with Crippen molar-refractivity contribution >= 4 is 0 Å². The average molecular weight is 199 g/mol. The molecule has 0 amide bonds. The minimum absolute atomic E-state index is 0.330. The van der Waals surface area contributed by atoms with Gasteiger partial charge < -0.3 is 10.4 Å². The molecule has 0 aliphatic heterocycles. The van der Waals surface area contributed by atoms with E-state index < -0.39 is 0 Å². The number of aliphatic hydroxyl groups is 1. The number of aliphatic hydroxyl groups excluding tert-OH is 1. The molecule has 2 nitrogen and oxygen atoms in total. The molecule has 0 aromatic rings. The first-order chi connectivity index (χ1) is 6.77. The second kappa shape index (κ2) is 6.41. The molecule has 0 heterocycles. The van der Waals surface area contributed by atoms with Crippen LogP contribution in [0.1, 0.15) is 46.0 Å². The van der Waals surface area contributed by atoms with Gasteiger partial charge in [-0.15, -0.1) is 0 Å². The van der Waals surface area contributed by atoms with Crippen molar-refractivity contribution in [1.29, 1.82) is 0 Å². The first-order valence-electron chi connectivity index (χ1n) is 6.12. The zero-order chi connectivity index (χ0) is 10.4. The summed E-state index contributed by atoms with van der Waals surface area (Å²) >= 11 is 0. The SMILES string of the molecule is CCCC(C)CNC(CCO)C1CC1. The Bertz CT molecular complexity index is 145. The molecular weight excluding hydrogens is 174 g/mol. The van der Waals surface area contributed by atoms with E-state index in [1.807, 2.05) is 0 Å². The molecule has 0 bridgehead atoms. The Morgan fingerprint density at radius 1 is 1.36 bits per heavy atom. The molecule has 2 N–H and O–H groups in total. The van der Waals surface area contributed by atoms with Crippen molar-refractivity contribution in [2.24, 2.45) is 11.8 Å². The quantitative estimate of drug-likeness (QED) is 0.628. The molecule has 1 saturated carbocycles. The van der Waals surface area contributed by atoms with Gasteiger partial charge in [-0.05, 0) is 44.1 Å². The van der Waals surface area contributed by atoms with Crippen molar-refractivity contribution < 1.29 is 5.11 Å². The number of nitrogens with one attached hydrogen (secondary N) is 1. The van der Waals surface area contributed by atoms with Gasteiger partial charge in [-0.25, -0.2) is 0 Å². The van der Waals surface area contributed by atoms with Crippen molar-refractivity contribution in [3.05, 3.63) is 0 Å². The molecule has 84 valence electrons. The van der Waals surface area contributed by atoms with Gasteiger partial charge in [0.05, 0.1) is 0 Å². The Morgan fingerprint density at radius 2 is 2.07 bits per heavy atom. The third-order valence-electron chi connectivity index (χ3n) is 3.14. The predicted octanol–water partition coefficient (Wildman–Crippen LogP) is 2.17. The monoisotopic (exact) mass is 199 g/mol. The fourth-order valence-corrected chi connectivity index (χ4v) is 2.09. The molecule has 1 aliphatic carbocycles. The molecule has 0 spiro atoms. The maximum atomic E-state index is 8.94. The lowest BCUT2D eigenvalue weighted by Crippen LogP contribution is -2.35. The lowest BCUT2D eigenvalue weighted by Gasteiger charge is -2.20. The molecule has 2 atom stereocenters. The summed E-state index contributed by atoms with van der Waals surface area (Å²) in [6, 6.07) is 0.583. The molecule has 2 heteroatoms. The molecule has 0 saturated heterocycles. The van der Waals surface area contributed by atoms with Gasteiger partial charge in [0.1, 0.15) is 0 Å². The summed E-state index contributed by atoms with van der Waals surface area (Å²) in [5.41, 5.74) is 0. The lowest BCUT2D eigenvalue weighted by atomic mass is 10.0. The van der Waals surface area contributed by atoms with E-state index >= 15 is 0 Å². The molecule has 2 unspecified atom stereocenters. The molecular formula is C12H25NO. The number of hydrogen-bond donors (Lipinski definition) is 2. The van der Waals surface area contributed by atoms with Crippen molar-refractivity contribution in [3.8, 4) is 0 Å². The van der Waals surface area contributed by atoms with Gasteiger partial charge in [-0.2, -0.15) is 0 Å². The third-order valence-corrected chi connectivity index (χ3v) is 3.14. The summed E-state index contributed by atoms with van der Waals surface area (Å²) in [5.74, 6) is 1.64. The molecule has 14 heavy (non-hydrogen) atoms. The van der Waals surface area contributed by atoms with Crippen LogP contribution in [0.2, 0.25) is 0 Å². The minimum atomic E-state index is 0.330. The normalized spacial score (nSPS) is 20.8. The summed E-state index contributed by atoms with van der Waals surface area (Å²) in [4.78, 5) is 0. The second-order valence-corrected chi connectivity index (χ2v) is 4.76. The van der Waals surface area contributed by atoms with Gasteiger partial charge in [-0.3, -0.25) is 0 Å². The minimum Gasteiger partial charge on any atom is -0.396 e. The van der Waals surface area contributed by atoms with Crippen LogP contribution in [0.5, 0.6) is 0 Å². The van der Waals surface area contributed by atoms with E-state index in [2.05, 4.69) is 19.2 Å². The molecule has 0 aromatic heterocycles. The largest absolute Gasteiger partial charge is 0.396 e. The van der Waals surface area contributed by atoms with Gasteiger partial charge in [0.15, 0.2) is 0 Å². The Labute approximate surface area is 88.1 Å². The van der Waals surface area contributed by atoms with E-state index in [0.717, 1.165) is 24.8 Å². The van der Waals surface area contributed by atoms with Gasteiger partial charge >= 0.3 is 0 Å². The highest BCUT2D eigenvalue weighted by Gasteiger charge is 2.30. The zero-order valence-corrected chi connectivity index (χ0v) is 9.63. The summed E-state index contributed by atoms with van der Waals surface area (Å²) in [5, 5.41) is 12.5. The molecule has 1 fully saturated rings. The van der Waals surface area contributed by atoms with Crippen molar-refractivity contribution in [2.75, 3.05) is 13.2 Å². The van der Waals surface area contributed by atoms with Crippen LogP contribution >= 0.6 is 0 Å². The highest BCUT2D eigenvalue weighted by Crippen LogP contribution is 2.33. The zero-order valence-electron chi connectivity index (χ0n) is 9.63. The van der Waals surface area contributed by atoms with Crippen molar-refractivity contribution in [1.82, 2.24) is 5.32 Å². The summed E-state index contributed by atoms with van der Waals surface area (Å²) in [6.07, 6.45) is 6.24. The fraction of sp³-hybridized carbons (Fsp3) is 1.00. The van der Waals surface area contributed by atoms with Crippen LogP contribution in [-0.2, 0) is 0 Å². The van der Waals surface area contributed by atoms with Crippen LogP contribution in [0.15, 0.2) is 0 Å².